The molecule has 3 heteroatoms. The summed E-state index contributed by atoms with van der Waals surface area (Å²) in [5.41, 5.74) is 0.861. The molecule has 0 heterocycles. The fourth-order valence-electron chi connectivity index (χ4n) is 2.53. The largest absolute Gasteiger partial charge is 0.325 e. The van der Waals surface area contributed by atoms with Crippen molar-refractivity contribution in [3.05, 3.63) is 30.3 Å². The van der Waals surface area contributed by atoms with Crippen LogP contribution < -0.4 is 10.6 Å². The Bertz CT molecular complexity index is 358. The summed E-state index contributed by atoms with van der Waals surface area (Å²) in [7, 11) is 0. The number of rotatable bonds is 6. The van der Waals surface area contributed by atoms with Gasteiger partial charge in [-0.25, -0.2) is 0 Å². The first-order valence-corrected chi connectivity index (χ1v) is 6.90. The number of anilines is 1. The third-order valence-electron chi connectivity index (χ3n) is 3.55. The fourth-order valence-corrected chi connectivity index (χ4v) is 2.53. The first-order valence-electron chi connectivity index (χ1n) is 6.90. The predicted molar refractivity (Wildman–Crippen MR) is 74.5 cm³/mol. The van der Waals surface area contributed by atoms with Crippen LogP contribution in [-0.2, 0) is 4.79 Å². The second-order valence-corrected chi connectivity index (χ2v) is 5.03. The Hall–Kier alpha value is -1.35. The molecule has 0 spiro atoms. The quantitative estimate of drug-likeness (QED) is 0.758. The van der Waals surface area contributed by atoms with Crippen LogP contribution in [0.3, 0.4) is 0 Å². The smallest absolute Gasteiger partial charge is 0.238 e. The molecule has 0 unspecified atom stereocenters. The summed E-state index contributed by atoms with van der Waals surface area (Å²) < 4.78 is 0. The van der Waals surface area contributed by atoms with Crippen LogP contribution in [0, 0.1) is 5.92 Å². The molecular formula is C15H22N2O. The highest BCUT2D eigenvalue weighted by Crippen LogP contribution is 2.26. The van der Waals surface area contributed by atoms with Crippen LogP contribution in [0.15, 0.2) is 30.3 Å². The molecule has 0 radical (unpaired) electrons. The monoisotopic (exact) mass is 246 g/mol. The van der Waals surface area contributed by atoms with Crippen LogP contribution in [0.1, 0.15) is 32.1 Å². The van der Waals surface area contributed by atoms with Gasteiger partial charge < -0.3 is 10.6 Å². The van der Waals surface area contributed by atoms with Gasteiger partial charge in [-0.3, -0.25) is 4.79 Å². The van der Waals surface area contributed by atoms with E-state index in [9.17, 15) is 4.79 Å². The van der Waals surface area contributed by atoms with Gasteiger partial charge in [0.1, 0.15) is 0 Å². The molecular weight excluding hydrogens is 224 g/mol. The highest BCUT2D eigenvalue weighted by atomic mass is 16.1. The van der Waals surface area contributed by atoms with E-state index in [2.05, 4.69) is 10.6 Å². The molecule has 1 aliphatic rings. The van der Waals surface area contributed by atoms with Gasteiger partial charge in [0, 0.05) is 5.69 Å². The third-order valence-corrected chi connectivity index (χ3v) is 3.55. The lowest BCUT2D eigenvalue weighted by molar-refractivity contribution is -0.115. The van der Waals surface area contributed by atoms with Crippen molar-refractivity contribution in [2.75, 3.05) is 18.4 Å². The van der Waals surface area contributed by atoms with Crippen LogP contribution in [0.4, 0.5) is 5.69 Å². The minimum Gasteiger partial charge on any atom is -0.325 e. The van der Waals surface area contributed by atoms with Crippen molar-refractivity contribution in [2.45, 2.75) is 32.1 Å². The summed E-state index contributed by atoms with van der Waals surface area (Å²) in [5, 5.41) is 6.09. The van der Waals surface area contributed by atoms with Crippen molar-refractivity contribution in [3.63, 3.8) is 0 Å². The van der Waals surface area contributed by atoms with E-state index in [4.69, 9.17) is 0 Å². The van der Waals surface area contributed by atoms with Crippen LogP contribution in [-0.4, -0.2) is 19.0 Å². The van der Waals surface area contributed by atoms with E-state index in [1.54, 1.807) is 0 Å². The summed E-state index contributed by atoms with van der Waals surface area (Å²) in [6, 6.07) is 9.58. The standard InChI is InChI=1S/C15H22N2O/c18-15(17-14-8-2-1-3-9-14)12-16-11-10-13-6-4-5-7-13/h1-3,8-9,13,16H,4-7,10-12H2,(H,17,18). The molecule has 98 valence electrons. The van der Waals surface area contributed by atoms with Crippen molar-refractivity contribution in [1.82, 2.24) is 5.32 Å². The van der Waals surface area contributed by atoms with Crippen LogP contribution >= 0.6 is 0 Å². The molecule has 0 aliphatic heterocycles. The molecule has 2 N–H and O–H groups in total. The normalized spacial score (nSPS) is 15.8. The van der Waals surface area contributed by atoms with Gasteiger partial charge in [0.15, 0.2) is 0 Å². The average Bonchev–Trinajstić information content (AvgIpc) is 2.89. The highest BCUT2D eigenvalue weighted by Gasteiger charge is 2.14. The SMILES string of the molecule is O=C(CNCCC1CCCC1)Nc1ccccc1. The minimum atomic E-state index is 0.0348. The van der Waals surface area contributed by atoms with E-state index in [0.717, 1.165) is 18.2 Å². The van der Waals surface area contributed by atoms with E-state index in [-0.39, 0.29) is 5.91 Å². The van der Waals surface area contributed by atoms with Gasteiger partial charge in [-0.05, 0) is 31.0 Å². The number of benzene rings is 1. The van der Waals surface area contributed by atoms with Crippen LogP contribution in [0.5, 0.6) is 0 Å². The topological polar surface area (TPSA) is 41.1 Å². The van der Waals surface area contributed by atoms with Gasteiger partial charge in [0.2, 0.25) is 5.91 Å². The van der Waals surface area contributed by atoms with Crippen molar-refractivity contribution in [1.29, 1.82) is 0 Å². The maximum absolute atomic E-state index is 11.6. The lowest BCUT2D eigenvalue weighted by Gasteiger charge is -2.10. The molecule has 1 aromatic carbocycles. The van der Waals surface area contributed by atoms with Crippen LogP contribution in [0.25, 0.3) is 0 Å². The van der Waals surface area contributed by atoms with E-state index < -0.39 is 0 Å². The van der Waals surface area contributed by atoms with Crippen molar-refractivity contribution in [2.24, 2.45) is 5.92 Å². The fraction of sp³-hybridized carbons (Fsp3) is 0.533. The zero-order chi connectivity index (χ0) is 12.6. The number of hydrogen-bond donors (Lipinski definition) is 2. The molecule has 1 aromatic rings. The zero-order valence-corrected chi connectivity index (χ0v) is 10.8. The molecule has 0 bridgehead atoms. The summed E-state index contributed by atoms with van der Waals surface area (Å²) >= 11 is 0. The first-order chi connectivity index (χ1) is 8.84. The van der Waals surface area contributed by atoms with E-state index in [1.807, 2.05) is 30.3 Å². The summed E-state index contributed by atoms with van der Waals surface area (Å²) in [6.45, 7) is 1.36. The molecule has 0 aromatic heterocycles. The lowest BCUT2D eigenvalue weighted by atomic mass is 10.0. The van der Waals surface area contributed by atoms with Crippen LogP contribution in [0.2, 0.25) is 0 Å². The zero-order valence-electron chi connectivity index (χ0n) is 10.8. The number of amides is 1. The second-order valence-electron chi connectivity index (χ2n) is 5.03. The first kappa shape index (κ1) is 13.1. The molecule has 1 fully saturated rings. The molecule has 2 rings (SSSR count). The number of carbonyl (C=O) groups is 1. The number of hydrogen-bond acceptors (Lipinski definition) is 2. The van der Waals surface area contributed by atoms with E-state index >= 15 is 0 Å². The Morgan fingerprint density at radius 2 is 1.89 bits per heavy atom. The van der Waals surface area contributed by atoms with Gasteiger partial charge in [0.05, 0.1) is 6.54 Å². The second kappa shape index (κ2) is 7.17. The summed E-state index contributed by atoms with van der Waals surface area (Å²) in [5.74, 6) is 0.919. The lowest BCUT2D eigenvalue weighted by Crippen LogP contribution is -2.29. The Kier molecular flexibility index (Phi) is 5.21. The molecule has 18 heavy (non-hydrogen) atoms. The maximum Gasteiger partial charge on any atom is 0.238 e. The number of nitrogens with one attached hydrogen (secondary N) is 2. The highest BCUT2D eigenvalue weighted by molar-refractivity contribution is 5.92. The number of carbonyl (C=O) groups excluding carboxylic acids is 1. The van der Waals surface area contributed by atoms with Gasteiger partial charge >= 0.3 is 0 Å². The molecule has 0 atom stereocenters. The molecule has 1 saturated carbocycles. The summed E-state index contributed by atoms with van der Waals surface area (Å²) in [4.78, 5) is 11.6. The van der Waals surface area contributed by atoms with Crippen molar-refractivity contribution < 1.29 is 4.79 Å². The van der Waals surface area contributed by atoms with Crippen molar-refractivity contribution in [3.8, 4) is 0 Å². The summed E-state index contributed by atoms with van der Waals surface area (Å²) in [6.07, 6.45) is 6.73. The van der Waals surface area contributed by atoms with Gasteiger partial charge in [-0.2, -0.15) is 0 Å². The van der Waals surface area contributed by atoms with Crippen molar-refractivity contribution >= 4 is 11.6 Å². The Morgan fingerprint density at radius 3 is 2.61 bits per heavy atom. The van der Waals surface area contributed by atoms with E-state index in [1.165, 1.54) is 32.1 Å². The van der Waals surface area contributed by atoms with Gasteiger partial charge in [0.25, 0.3) is 0 Å². The predicted octanol–water partition coefficient (Wildman–Crippen LogP) is 2.80. The molecule has 0 saturated heterocycles. The maximum atomic E-state index is 11.6. The third kappa shape index (κ3) is 4.49. The van der Waals surface area contributed by atoms with E-state index in [0.29, 0.717) is 6.54 Å². The Labute approximate surface area is 109 Å². The molecule has 1 aliphatic carbocycles. The Morgan fingerprint density at radius 1 is 1.17 bits per heavy atom. The number of para-hydroxylation sites is 1. The Balaban J connectivity index is 1.57. The minimum absolute atomic E-state index is 0.0348. The van der Waals surface area contributed by atoms with Gasteiger partial charge in [-0.1, -0.05) is 43.9 Å². The molecule has 1 amide bonds. The average molecular weight is 246 g/mol. The molecule has 3 nitrogen and oxygen atoms in total. The van der Waals surface area contributed by atoms with Gasteiger partial charge in [-0.15, -0.1) is 0 Å².